The minimum Gasteiger partial charge on any atom is -0.406 e. The Balaban J connectivity index is 2.00. The second-order valence-electron chi connectivity index (χ2n) is 5.01. The first-order valence-electron chi connectivity index (χ1n) is 6.89. The number of hydrogen-bond donors (Lipinski definition) is 1. The van der Waals surface area contributed by atoms with Crippen molar-refractivity contribution in [2.45, 2.75) is 6.36 Å². The molecule has 2 aromatic carbocycles. The van der Waals surface area contributed by atoms with Gasteiger partial charge in [0.2, 0.25) is 0 Å². The lowest BCUT2D eigenvalue weighted by atomic mass is 10.1. The summed E-state index contributed by atoms with van der Waals surface area (Å²) in [6.45, 7) is 0. The van der Waals surface area contributed by atoms with E-state index < -0.39 is 12.3 Å². The summed E-state index contributed by atoms with van der Waals surface area (Å²) in [5, 5.41) is 0.743. The number of carbonyl (C=O) groups is 1. The molecule has 0 aliphatic heterocycles. The van der Waals surface area contributed by atoms with E-state index >= 15 is 0 Å². The van der Waals surface area contributed by atoms with E-state index in [0.29, 0.717) is 16.8 Å². The average Bonchev–Trinajstić information content (AvgIpc) is 2.53. The van der Waals surface area contributed by atoms with Gasteiger partial charge in [0.1, 0.15) is 5.75 Å². The molecule has 0 fully saturated rings. The fourth-order valence-electron chi connectivity index (χ4n) is 2.33. The van der Waals surface area contributed by atoms with Crippen molar-refractivity contribution < 1.29 is 22.7 Å². The van der Waals surface area contributed by atoms with Crippen molar-refractivity contribution in [2.75, 3.05) is 0 Å². The molecular weight excluding hydrogens is 321 g/mol. The normalized spacial score (nSPS) is 11.5. The van der Waals surface area contributed by atoms with Gasteiger partial charge < -0.3 is 10.5 Å². The zero-order chi connectivity index (χ0) is 17.3. The zero-order valence-corrected chi connectivity index (χ0v) is 12.2. The predicted molar refractivity (Wildman–Crippen MR) is 82.4 cm³/mol. The first-order chi connectivity index (χ1) is 11.3. The lowest BCUT2D eigenvalue weighted by Gasteiger charge is -2.10. The smallest absolute Gasteiger partial charge is 0.406 e. The molecule has 0 atom stereocenters. The summed E-state index contributed by atoms with van der Waals surface area (Å²) < 4.78 is 40.4. The molecule has 1 aromatic heterocycles. The number of fused-ring (bicyclic) bond motifs is 1. The maximum atomic E-state index is 12.2. The number of benzene rings is 2. The summed E-state index contributed by atoms with van der Waals surface area (Å²) in [4.78, 5) is 15.9. The Kier molecular flexibility index (Phi) is 3.84. The van der Waals surface area contributed by atoms with Crippen LogP contribution in [0.25, 0.3) is 22.2 Å². The van der Waals surface area contributed by atoms with Crippen molar-refractivity contribution in [1.29, 1.82) is 0 Å². The number of aromatic nitrogens is 1. The molecule has 0 bridgehead atoms. The van der Waals surface area contributed by atoms with Crippen molar-refractivity contribution in [1.82, 2.24) is 4.98 Å². The minimum atomic E-state index is -4.74. The van der Waals surface area contributed by atoms with Crippen molar-refractivity contribution >= 4 is 16.8 Å². The van der Waals surface area contributed by atoms with E-state index in [1.54, 1.807) is 30.3 Å². The highest BCUT2D eigenvalue weighted by Crippen LogP contribution is 2.27. The third kappa shape index (κ3) is 3.29. The molecule has 0 aliphatic rings. The van der Waals surface area contributed by atoms with E-state index in [2.05, 4.69) is 9.72 Å². The van der Waals surface area contributed by atoms with Gasteiger partial charge in [0.05, 0.1) is 16.8 Å². The minimum absolute atomic E-state index is 0.284. The number of amides is 1. The molecule has 1 heterocycles. The number of halogens is 3. The summed E-state index contributed by atoms with van der Waals surface area (Å²) in [7, 11) is 0. The van der Waals surface area contributed by atoms with Crippen LogP contribution in [0.15, 0.2) is 54.6 Å². The molecule has 4 nitrogen and oxygen atoms in total. The van der Waals surface area contributed by atoms with Gasteiger partial charge >= 0.3 is 6.36 Å². The first kappa shape index (κ1) is 15.8. The summed E-state index contributed by atoms with van der Waals surface area (Å²) in [5.41, 5.74) is 7.17. The molecule has 0 unspecified atom stereocenters. The van der Waals surface area contributed by atoms with Crippen LogP contribution in [0.5, 0.6) is 5.75 Å². The van der Waals surface area contributed by atoms with Crippen LogP contribution in [0, 0.1) is 0 Å². The maximum Gasteiger partial charge on any atom is 0.573 e. The number of hydrogen-bond acceptors (Lipinski definition) is 3. The highest BCUT2D eigenvalue weighted by molar-refractivity contribution is 6.05. The van der Waals surface area contributed by atoms with Crippen molar-refractivity contribution in [3.63, 3.8) is 0 Å². The van der Waals surface area contributed by atoms with E-state index in [0.717, 1.165) is 5.39 Å². The molecule has 24 heavy (non-hydrogen) atoms. The van der Waals surface area contributed by atoms with E-state index in [4.69, 9.17) is 5.73 Å². The molecule has 122 valence electrons. The summed E-state index contributed by atoms with van der Waals surface area (Å²) in [6.07, 6.45) is -4.74. The Morgan fingerprint density at radius 2 is 1.71 bits per heavy atom. The molecule has 3 aromatic rings. The molecule has 3 rings (SSSR count). The number of para-hydroxylation sites is 1. The second kappa shape index (κ2) is 5.84. The Labute approximate surface area is 134 Å². The molecule has 0 saturated carbocycles. The lowest BCUT2D eigenvalue weighted by molar-refractivity contribution is -0.274. The van der Waals surface area contributed by atoms with Gasteiger partial charge in [-0.3, -0.25) is 4.79 Å². The van der Waals surface area contributed by atoms with Crippen molar-refractivity contribution in [3.05, 3.63) is 60.2 Å². The molecule has 0 radical (unpaired) electrons. The number of nitrogens with two attached hydrogens (primary N) is 1. The summed E-state index contributed by atoms with van der Waals surface area (Å²) in [6, 6.07) is 13.9. The van der Waals surface area contributed by atoms with Crippen LogP contribution in [0.4, 0.5) is 13.2 Å². The largest absolute Gasteiger partial charge is 0.573 e. The maximum absolute atomic E-state index is 12.2. The van der Waals surface area contributed by atoms with Crippen molar-refractivity contribution in [2.24, 2.45) is 5.73 Å². The second-order valence-corrected chi connectivity index (χ2v) is 5.01. The molecule has 7 heteroatoms. The van der Waals surface area contributed by atoms with Gasteiger partial charge in [0, 0.05) is 10.9 Å². The average molecular weight is 332 g/mol. The molecular formula is C17H11F3N2O2. The Morgan fingerprint density at radius 1 is 1.00 bits per heavy atom. The SMILES string of the molecule is NC(=O)c1cccc2ccc(-c3ccc(OC(F)(F)F)cc3)nc12. The van der Waals surface area contributed by atoms with Crippen LogP contribution in [0.2, 0.25) is 0 Å². The van der Waals surface area contributed by atoms with Crippen LogP contribution < -0.4 is 10.5 Å². The monoisotopic (exact) mass is 332 g/mol. The van der Waals surface area contributed by atoms with E-state index in [9.17, 15) is 18.0 Å². The highest BCUT2D eigenvalue weighted by atomic mass is 19.4. The number of alkyl halides is 3. The summed E-state index contributed by atoms with van der Waals surface area (Å²) in [5.74, 6) is -0.913. The number of primary amides is 1. The third-order valence-electron chi connectivity index (χ3n) is 3.37. The molecule has 2 N–H and O–H groups in total. The van der Waals surface area contributed by atoms with Crippen LogP contribution >= 0.6 is 0 Å². The van der Waals surface area contributed by atoms with Crippen LogP contribution in [-0.4, -0.2) is 17.3 Å². The van der Waals surface area contributed by atoms with Gasteiger partial charge in [-0.25, -0.2) is 4.98 Å². The molecule has 0 aliphatic carbocycles. The van der Waals surface area contributed by atoms with Gasteiger partial charge in [0.25, 0.3) is 5.91 Å². The molecule has 0 spiro atoms. The fourth-order valence-corrected chi connectivity index (χ4v) is 2.33. The number of rotatable bonds is 3. The Hall–Kier alpha value is -3.09. The lowest BCUT2D eigenvalue weighted by Crippen LogP contribution is -2.16. The van der Waals surface area contributed by atoms with Crippen LogP contribution in [-0.2, 0) is 0 Å². The predicted octanol–water partition coefficient (Wildman–Crippen LogP) is 3.90. The number of carbonyl (C=O) groups excluding carboxylic acids is 1. The number of nitrogens with zero attached hydrogens (tertiary/aromatic N) is 1. The van der Waals surface area contributed by atoms with Gasteiger partial charge in [-0.1, -0.05) is 18.2 Å². The van der Waals surface area contributed by atoms with E-state index in [-0.39, 0.29) is 11.3 Å². The highest BCUT2D eigenvalue weighted by Gasteiger charge is 2.30. The van der Waals surface area contributed by atoms with E-state index in [1.165, 1.54) is 24.3 Å². The fraction of sp³-hybridized carbons (Fsp3) is 0.0588. The molecule has 0 saturated heterocycles. The molecule has 1 amide bonds. The summed E-state index contributed by atoms with van der Waals surface area (Å²) >= 11 is 0. The Bertz CT molecular complexity index is 906. The quantitative estimate of drug-likeness (QED) is 0.791. The van der Waals surface area contributed by atoms with Gasteiger partial charge in [-0.15, -0.1) is 13.2 Å². The van der Waals surface area contributed by atoms with Crippen LogP contribution in [0.1, 0.15) is 10.4 Å². The standard InChI is InChI=1S/C17H11F3N2O2/c18-17(19,20)24-12-7-4-10(5-8-12)14-9-6-11-2-1-3-13(16(21)23)15(11)22-14/h1-9H,(H2,21,23). The van der Waals surface area contributed by atoms with Gasteiger partial charge in [-0.2, -0.15) is 0 Å². The van der Waals surface area contributed by atoms with Gasteiger partial charge in [-0.05, 0) is 36.4 Å². The van der Waals surface area contributed by atoms with Gasteiger partial charge in [0.15, 0.2) is 0 Å². The first-order valence-corrected chi connectivity index (χ1v) is 6.89. The number of pyridine rings is 1. The topological polar surface area (TPSA) is 65.2 Å². The van der Waals surface area contributed by atoms with Crippen LogP contribution in [0.3, 0.4) is 0 Å². The van der Waals surface area contributed by atoms with Crippen molar-refractivity contribution in [3.8, 4) is 17.0 Å². The Morgan fingerprint density at radius 3 is 2.33 bits per heavy atom. The number of ether oxygens (including phenoxy) is 1. The third-order valence-corrected chi connectivity index (χ3v) is 3.37. The van der Waals surface area contributed by atoms with E-state index in [1.807, 2.05) is 0 Å². The zero-order valence-electron chi connectivity index (χ0n) is 12.2.